The van der Waals surface area contributed by atoms with E-state index < -0.39 is 17.7 Å². The molecule has 164 valence electrons. The molecular formula is C23H28N4O4. The third kappa shape index (κ3) is 5.40. The number of hydrogen-bond donors (Lipinski definition) is 2. The fourth-order valence-corrected chi connectivity index (χ4v) is 3.49. The maximum absolute atomic E-state index is 11.6. The number of aromatic nitrogens is 2. The molecule has 3 N–H and O–H groups in total. The minimum absolute atomic E-state index is 0.276. The Morgan fingerprint density at radius 1 is 1.13 bits per heavy atom. The zero-order valence-corrected chi connectivity index (χ0v) is 18.0. The maximum atomic E-state index is 11.6. The van der Waals surface area contributed by atoms with Gasteiger partial charge in [-0.05, 0) is 42.7 Å². The van der Waals surface area contributed by atoms with Gasteiger partial charge in [0.2, 0.25) is 11.7 Å². The van der Waals surface area contributed by atoms with Crippen LogP contribution in [-0.4, -0.2) is 23.3 Å². The van der Waals surface area contributed by atoms with E-state index in [0.717, 1.165) is 11.3 Å². The lowest BCUT2D eigenvalue weighted by Crippen LogP contribution is -2.34. The molecule has 0 saturated carbocycles. The molecule has 1 aromatic heterocycles. The number of nitrogens with one attached hydrogen (secondary N) is 1. The van der Waals surface area contributed by atoms with Crippen molar-refractivity contribution in [3.63, 3.8) is 0 Å². The van der Waals surface area contributed by atoms with Crippen LogP contribution in [0.3, 0.4) is 0 Å². The van der Waals surface area contributed by atoms with Gasteiger partial charge < -0.3 is 25.0 Å². The van der Waals surface area contributed by atoms with E-state index in [2.05, 4.69) is 15.5 Å². The first-order valence-corrected chi connectivity index (χ1v) is 10.3. The number of primary amides is 1. The third-order valence-electron chi connectivity index (χ3n) is 5.34. The summed E-state index contributed by atoms with van der Waals surface area (Å²) in [6, 6.07) is 15.8. The summed E-state index contributed by atoms with van der Waals surface area (Å²) in [5.74, 6) is 2.23. The molecule has 3 aromatic rings. The topological polar surface area (TPSA) is 112 Å². The summed E-state index contributed by atoms with van der Waals surface area (Å²) in [5, 5.41) is 6.87. The number of nitrogens with zero attached hydrogens (tertiary/aromatic N) is 2. The molecule has 0 radical (unpaired) electrons. The first-order valence-electron chi connectivity index (χ1n) is 10.3. The Labute approximate surface area is 181 Å². The average Bonchev–Trinajstić information content (AvgIpc) is 3.25. The van der Waals surface area contributed by atoms with Crippen LogP contribution in [0.4, 0.5) is 4.79 Å². The Balaban J connectivity index is 1.83. The van der Waals surface area contributed by atoms with E-state index in [9.17, 15) is 4.79 Å². The Bertz CT molecular complexity index is 978. The lowest BCUT2D eigenvalue weighted by molar-refractivity contribution is -0.0306. The molecule has 1 unspecified atom stereocenters. The Morgan fingerprint density at radius 2 is 1.84 bits per heavy atom. The van der Waals surface area contributed by atoms with Crippen LogP contribution in [0.2, 0.25) is 0 Å². The normalized spacial score (nSPS) is 12.4. The van der Waals surface area contributed by atoms with Crippen molar-refractivity contribution < 1.29 is 18.8 Å². The van der Waals surface area contributed by atoms with Crippen LogP contribution in [0, 0.1) is 0 Å². The quantitative estimate of drug-likeness (QED) is 0.496. The minimum Gasteiger partial charge on any atom is -0.457 e. The first kappa shape index (κ1) is 22.3. The number of hydrogen-bond acceptors (Lipinski definition) is 6. The largest absolute Gasteiger partial charge is 0.457 e. The molecular weight excluding hydrogens is 396 g/mol. The van der Waals surface area contributed by atoms with Crippen LogP contribution in [-0.2, 0) is 16.8 Å². The van der Waals surface area contributed by atoms with E-state index >= 15 is 0 Å². The van der Waals surface area contributed by atoms with E-state index in [4.69, 9.17) is 19.7 Å². The molecule has 0 aliphatic rings. The van der Waals surface area contributed by atoms with E-state index in [-0.39, 0.29) is 6.42 Å². The van der Waals surface area contributed by atoms with Gasteiger partial charge in [-0.2, -0.15) is 4.98 Å². The number of benzene rings is 2. The highest BCUT2D eigenvalue weighted by Gasteiger charge is 2.34. The Kier molecular flexibility index (Phi) is 7.25. The van der Waals surface area contributed by atoms with Crippen LogP contribution >= 0.6 is 0 Å². The molecule has 1 atom stereocenters. The van der Waals surface area contributed by atoms with E-state index in [0.29, 0.717) is 30.3 Å². The van der Waals surface area contributed by atoms with Crippen molar-refractivity contribution in [2.24, 2.45) is 5.73 Å². The van der Waals surface area contributed by atoms with Crippen LogP contribution in [0.25, 0.3) is 0 Å². The van der Waals surface area contributed by atoms with Crippen molar-refractivity contribution in [2.75, 3.05) is 7.11 Å². The highest BCUT2D eigenvalue weighted by molar-refractivity contribution is 5.72. The van der Waals surface area contributed by atoms with Crippen LogP contribution in [0.1, 0.15) is 50.0 Å². The molecule has 31 heavy (non-hydrogen) atoms. The molecule has 1 heterocycles. The molecule has 2 amide bonds. The van der Waals surface area contributed by atoms with Gasteiger partial charge in [-0.3, -0.25) is 0 Å². The lowest BCUT2D eigenvalue weighted by Gasteiger charge is -2.25. The number of urea groups is 1. The van der Waals surface area contributed by atoms with Gasteiger partial charge in [0.1, 0.15) is 17.1 Å². The number of carbonyl (C=O) groups excluding carboxylic acids is 1. The fourth-order valence-electron chi connectivity index (χ4n) is 3.49. The lowest BCUT2D eigenvalue weighted by atomic mass is 9.96. The number of amides is 2. The van der Waals surface area contributed by atoms with Crippen molar-refractivity contribution in [1.29, 1.82) is 0 Å². The van der Waals surface area contributed by atoms with Gasteiger partial charge in [-0.1, -0.05) is 49.3 Å². The third-order valence-corrected chi connectivity index (χ3v) is 5.34. The number of rotatable bonds is 10. The van der Waals surface area contributed by atoms with Crippen molar-refractivity contribution in [3.05, 3.63) is 71.9 Å². The molecule has 0 fully saturated rings. The van der Waals surface area contributed by atoms with Crippen LogP contribution < -0.4 is 15.8 Å². The zero-order valence-electron chi connectivity index (χ0n) is 18.0. The second-order valence-corrected chi connectivity index (χ2v) is 7.17. The summed E-state index contributed by atoms with van der Waals surface area (Å²) >= 11 is 0. The Morgan fingerprint density at radius 3 is 2.48 bits per heavy atom. The zero-order chi connectivity index (χ0) is 22.3. The SMILES string of the molecule is CCC(CC)(OC)c1noc(CC(NC(N)=O)c2cccc(Oc3ccccc3)c2)n1. The van der Waals surface area contributed by atoms with Crippen LogP contribution in [0.5, 0.6) is 11.5 Å². The molecule has 8 nitrogen and oxygen atoms in total. The number of ether oxygens (including phenoxy) is 2. The minimum atomic E-state index is -0.646. The molecule has 0 aliphatic heterocycles. The predicted molar refractivity (Wildman–Crippen MR) is 116 cm³/mol. The summed E-state index contributed by atoms with van der Waals surface area (Å²) in [6.07, 6.45) is 1.69. The van der Waals surface area contributed by atoms with E-state index in [1.165, 1.54) is 0 Å². The number of methoxy groups -OCH3 is 1. The summed E-state index contributed by atoms with van der Waals surface area (Å²) in [4.78, 5) is 16.2. The summed E-state index contributed by atoms with van der Waals surface area (Å²) < 4.78 is 17.0. The highest BCUT2D eigenvalue weighted by atomic mass is 16.5. The van der Waals surface area contributed by atoms with Crippen molar-refractivity contribution in [1.82, 2.24) is 15.5 Å². The Hall–Kier alpha value is -3.39. The van der Waals surface area contributed by atoms with Gasteiger partial charge in [-0.15, -0.1) is 0 Å². The predicted octanol–water partition coefficient (Wildman–Crippen LogP) is 4.48. The molecule has 3 rings (SSSR count). The second kappa shape index (κ2) is 10.1. The van der Waals surface area contributed by atoms with Gasteiger partial charge in [0.15, 0.2) is 0 Å². The molecule has 0 spiro atoms. The van der Waals surface area contributed by atoms with E-state index in [1.54, 1.807) is 7.11 Å². The van der Waals surface area contributed by atoms with Crippen molar-refractivity contribution in [3.8, 4) is 11.5 Å². The summed E-state index contributed by atoms with van der Waals surface area (Å²) in [6.45, 7) is 4.03. The van der Waals surface area contributed by atoms with E-state index in [1.807, 2.05) is 68.4 Å². The van der Waals surface area contributed by atoms with Gasteiger partial charge in [0, 0.05) is 7.11 Å². The fraction of sp³-hybridized carbons (Fsp3) is 0.348. The summed E-state index contributed by atoms with van der Waals surface area (Å²) in [5.41, 5.74) is 5.62. The van der Waals surface area contributed by atoms with Crippen molar-refractivity contribution >= 4 is 6.03 Å². The molecule has 2 aromatic carbocycles. The van der Waals surface area contributed by atoms with Crippen LogP contribution in [0.15, 0.2) is 59.1 Å². The standard InChI is InChI=1S/C23H28N4O4/c1-4-23(5-2,29-3)21-26-20(31-27-21)15-19(25-22(24)28)16-10-9-13-18(14-16)30-17-11-7-6-8-12-17/h6-14,19H,4-5,15H2,1-3H3,(H3,24,25,28). The number of nitrogens with two attached hydrogens (primary N) is 1. The second-order valence-electron chi connectivity index (χ2n) is 7.17. The molecule has 8 heteroatoms. The van der Waals surface area contributed by atoms with Gasteiger partial charge in [0.05, 0.1) is 12.5 Å². The number of carbonyl (C=O) groups is 1. The average molecular weight is 425 g/mol. The smallest absolute Gasteiger partial charge is 0.312 e. The molecule has 0 saturated heterocycles. The van der Waals surface area contributed by atoms with Gasteiger partial charge >= 0.3 is 6.03 Å². The highest BCUT2D eigenvalue weighted by Crippen LogP contribution is 2.31. The molecule has 0 bridgehead atoms. The maximum Gasteiger partial charge on any atom is 0.312 e. The van der Waals surface area contributed by atoms with Gasteiger partial charge in [0.25, 0.3) is 0 Å². The monoisotopic (exact) mass is 424 g/mol. The first-order chi connectivity index (χ1) is 15.0. The number of para-hydroxylation sites is 1. The summed E-state index contributed by atoms with van der Waals surface area (Å²) in [7, 11) is 1.64. The molecule has 0 aliphatic carbocycles. The van der Waals surface area contributed by atoms with Crippen molar-refractivity contribution in [2.45, 2.75) is 44.8 Å². The van der Waals surface area contributed by atoms with Gasteiger partial charge in [-0.25, -0.2) is 4.79 Å².